The van der Waals surface area contributed by atoms with Gasteiger partial charge in [-0.1, -0.05) is 23.2 Å². The predicted octanol–water partition coefficient (Wildman–Crippen LogP) is 4.30. The molecule has 2 aromatic heterocycles. The van der Waals surface area contributed by atoms with Crippen LogP contribution in [0.1, 0.15) is 15.9 Å². The molecule has 0 amide bonds. The molecule has 0 radical (unpaired) electrons. The molecule has 122 valence electrons. The summed E-state index contributed by atoms with van der Waals surface area (Å²) < 4.78 is 10.4. The van der Waals surface area contributed by atoms with Crippen molar-refractivity contribution in [3.63, 3.8) is 0 Å². The lowest BCUT2D eigenvalue weighted by Crippen LogP contribution is -2.06. The third-order valence-electron chi connectivity index (χ3n) is 3.37. The molecule has 3 aromatic rings. The van der Waals surface area contributed by atoms with E-state index in [4.69, 9.17) is 32.7 Å². The third kappa shape index (κ3) is 3.58. The highest BCUT2D eigenvalue weighted by molar-refractivity contribution is 6.30. The zero-order valence-corrected chi connectivity index (χ0v) is 14.1. The molecule has 0 bridgehead atoms. The van der Waals surface area contributed by atoms with Crippen LogP contribution in [0.3, 0.4) is 0 Å². The Balaban J connectivity index is 1.78. The van der Waals surface area contributed by atoms with E-state index >= 15 is 0 Å². The minimum atomic E-state index is -0.509. The Bertz CT molecular complexity index is 898. The maximum absolute atomic E-state index is 12.0. The molecule has 0 saturated heterocycles. The summed E-state index contributed by atoms with van der Waals surface area (Å²) in [7, 11) is 1.59. The fraction of sp³-hybridized carbons (Fsp3) is 0.118. The monoisotopic (exact) mass is 362 g/mol. The third-order valence-corrected chi connectivity index (χ3v) is 3.92. The fourth-order valence-corrected chi connectivity index (χ4v) is 2.43. The molecule has 0 fully saturated rings. The summed E-state index contributed by atoms with van der Waals surface area (Å²) in [5, 5.41) is 1.46. The molecule has 0 aliphatic rings. The number of nitrogens with zero attached hydrogens (tertiary/aromatic N) is 2. The normalized spacial score (nSPS) is 10.6. The first-order chi connectivity index (χ1) is 11.6. The average molecular weight is 363 g/mol. The molecular weight excluding hydrogens is 351 g/mol. The lowest BCUT2D eigenvalue weighted by Gasteiger charge is -2.08. The lowest BCUT2D eigenvalue weighted by molar-refractivity contribution is 0.0472. The summed E-state index contributed by atoms with van der Waals surface area (Å²) in [6, 6.07) is 10.4. The number of fused-ring (bicyclic) bond motifs is 1. The van der Waals surface area contributed by atoms with E-state index in [2.05, 4.69) is 9.97 Å². The number of ether oxygens (including phenoxy) is 2. The summed E-state index contributed by atoms with van der Waals surface area (Å²) in [6.45, 7) is 0.00919. The number of esters is 1. The molecule has 5 nitrogen and oxygen atoms in total. The number of benzene rings is 1. The second kappa shape index (κ2) is 7.03. The Morgan fingerprint density at radius 3 is 2.71 bits per heavy atom. The predicted molar refractivity (Wildman–Crippen MR) is 91.7 cm³/mol. The van der Waals surface area contributed by atoms with Crippen LogP contribution in [0.4, 0.5) is 0 Å². The van der Waals surface area contributed by atoms with Crippen LogP contribution in [0.15, 0.2) is 42.6 Å². The quantitative estimate of drug-likeness (QED) is 0.511. The molecule has 0 atom stereocenters. The maximum Gasteiger partial charge on any atom is 0.340 e. The lowest BCUT2D eigenvalue weighted by atomic mass is 10.1. The van der Waals surface area contributed by atoms with Crippen molar-refractivity contribution in [2.45, 2.75) is 6.61 Å². The highest BCUT2D eigenvalue weighted by atomic mass is 35.5. The van der Waals surface area contributed by atoms with Gasteiger partial charge in [-0.25, -0.2) is 14.8 Å². The first kappa shape index (κ1) is 16.5. The minimum Gasteiger partial charge on any atom is -0.497 e. The van der Waals surface area contributed by atoms with Gasteiger partial charge in [0.1, 0.15) is 22.7 Å². The molecule has 24 heavy (non-hydrogen) atoms. The van der Waals surface area contributed by atoms with Gasteiger partial charge in [0.15, 0.2) is 0 Å². The zero-order valence-electron chi connectivity index (χ0n) is 12.6. The van der Waals surface area contributed by atoms with E-state index in [0.29, 0.717) is 27.5 Å². The van der Waals surface area contributed by atoms with Gasteiger partial charge in [-0.05, 0) is 30.3 Å². The van der Waals surface area contributed by atoms with Crippen molar-refractivity contribution in [3.8, 4) is 5.75 Å². The maximum atomic E-state index is 12.0. The van der Waals surface area contributed by atoms with E-state index in [9.17, 15) is 4.79 Å². The van der Waals surface area contributed by atoms with E-state index in [-0.39, 0.29) is 11.8 Å². The van der Waals surface area contributed by atoms with Crippen molar-refractivity contribution < 1.29 is 14.3 Å². The van der Waals surface area contributed by atoms with E-state index in [1.54, 1.807) is 19.2 Å². The highest BCUT2D eigenvalue weighted by Crippen LogP contribution is 2.25. The van der Waals surface area contributed by atoms with Crippen LogP contribution >= 0.6 is 23.2 Å². The average Bonchev–Trinajstić information content (AvgIpc) is 2.59. The number of rotatable bonds is 4. The van der Waals surface area contributed by atoms with Gasteiger partial charge in [-0.2, -0.15) is 0 Å². The number of carbonyl (C=O) groups excluding carboxylic acids is 1. The Morgan fingerprint density at radius 1 is 1.17 bits per heavy atom. The number of hydrogen-bond acceptors (Lipinski definition) is 5. The summed E-state index contributed by atoms with van der Waals surface area (Å²) >= 11 is 11.9. The van der Waals surface area contributed by atoms with Crippen LogP contribution in [0.2, 0.25) is 10.3 Å². The van der Waals surface area contributed by atoms with Crippen LogP contribution in [0.5, 0.6) is 5.75 Å². The number of pyridine rings is 2. The summed E-state index contributed by atoms with van der Waals surface area (Å²) in [4.78, 5) is 20.2. The van der Waals surface area contributed by atoms with Crippen molar-refractivity contribution >= 4 is 40.1 Å². The summed E-state index contributed by atoms with van der Waals surface area (Å²) in [6.07, 6.45) is 1.36. The Morgan fingerprint density at radius 2 is 2.00 bits per heavy atom. The molecule has 0 unspecified atom stereocenters. The van der Waals surface area contributed by atoms with Gasteiger partial charge >= 0.3 is 5.97 Å². The van der Waals surface area contributed by atoms with E-state index in [0.717, 1.165) is 5.39 Å². The second-order valence-corrected chi connectivity index (χ2v) is 5.69. The SMILES string of the molecule is COc1ccc2cc(COC(=O)c3ccc(Cl)nc3)c(Cl)nc2c1. The van der Waals surface area contributed by atoms with Crippen LogP contribution in [0, 0.1) is 0 Å². The molecular formula is C17H12Cl2N2O3. The van der Waals surface area contributed by atoms with Crippen LogP contribution in [0.25, 0.3) is 10.9 Å². The molecule has 0 N–H and O–H groups in total. The molecule has 0 aliphatic carbocycles. The molecule has 7 heteroatoms. The Kier molecular flexibility index (Phi) is 4.83. The van der Waals surface area contributed by atoms with Gasteiger partial charge in [0.25, 0.3) is 0 Å². The van der Waals surface area contributed by atoms with Gasteiger partial charge in [-0.3, -0.25) is 0 Å². The van der Waals surface area contributed by atoms with Crippen molar-refractivity contribution in [2.24, 2.45) is 0 Å². The van der Waals surface area contributed by atoms with Crippen LogP contribution < -0.4 is 4.74 Å². The van der Waals surface area contributed by atoms with E-state index < -0.39 is 5.97 Å². The topological polar surface area (TPSA) is 61.3 Å². The number of hydrogen-bond donors (Lipinski definition) is 0. The van der Waals surface area contributed by atoms with Crippen molar-refractivity contribution in [3.05, 3.63) is 64.0 Å². The molecule has 1 aromatic carbocycles. The summed E-state index contributed by atoms with van der Waals surface area (Å²) in [5.41, 5.74) is 1.63. The van der Waals surface area contributed by atoms with Crippen LogP contribution in [-0.4, -0.2) is 23.0 Å². The number of carbonyl (C=O) groups is 1. The number of methoxy groups -OCH3 is 1. The number of halogens is 2. The van der Waals surface area contributed by atoms with E-state index in [1.165, 1.54) is 12.3 Å². The molecule has 0 spiro atoms. The van der Waals surface area contributed by atoms with Gasteiger partial charge in [-0.15, -0.1) is 0 Å². The molecule has 0 aliphatic heterocycles. The minimum absolute atomic E-state index is 0.00919. The van der Waals surface area contributed by atoms with E-state index in [1.807, 2.05) is 18.2 Å². The first-order valence-corrected chi connectivity index (χ1v) is 7.74. The number of aromatic nitrogens is 2. The largest absolute Gasteiger partial charge is 0.497 e. The van der Waals surface area contributed by atoms with Gasteiger partial charge in [0, 0.05) is 23.2 Å². The van der Waals surface area contributed by atoms with Crippen molar-refractivity contribution in [1.82, 2.24) is 9.97 Å². The Hall–Kier alpha value is -2.37. The second-order valence-electron chi connectivity index (χ2n) is 4.94. The van der Waals surface area contributed by atoms with Gasteiger partial charge in [0.2, 0.25) is 0 Å². The van der Waals surface area contributed by atoms with Gasteiger partial charge < -0.3 is 9.47 Å². The summed E-state index contributed by atoms with van der Waals surface area (Å²) in [5.74, 6) is 0.186. The molecule has 2 heterocycles. The molecule has 3 rings (SSSR count). The van der Waals surface area contributed by atoms with Crippen molar-refractivity contribution in [1.29, 1.82) is 0 Å². The molecule has 0 saturated carbocycles. The van der Waals surface area contributed by atoms with Crippen molar-refractivity contribution in [2.75, 3.05) is 7.11 Å². The highest BCUT2D eigenvalue weighted by Gasteiger charge is 2.11. The fourth-order valence-electron chi connectivity index (χ4n) is 2.12. The first-order valence-electron chi connectivity index (χ1n) is 6.98. The Labute approximate surface area is 148 Å². The van der Waals surface area contributed by atoms with Gasteiger partial charge in [0.05, 0.1) is 18.2 Å². The van der Waals surface area contributed by atoms with Crippen LogP contribution in [-0.2, 0) is 11.3 Å². The smallest absolute Gasteiger partial charge is 0.340 e. The standard InChI is InChI=1S/C17H12Cl2N2O3/c1-23-13-4-2-10-6-12(16(19)21-14(10)7-13)9-24-17(22)11-3-5-15(18)20-8-11/h2-8H,9H2,1H3. The zero-order chi connectivity index (χ0) is 17.1.